The average Bonchev–Trinajstić information content (AvgIpc) is 2.04. The second-order valence-electron chi connectivity index (χ2n) is 2.36. The van der Waals surface area contributed by atoms with Gasteiger partial charge in [0.2, 0.25) is 0 Å². The van der Waals surface area contributed by atoms with Gasteiger partial charge in [-0.3, -0.25) is 8.37 Å². The summed E-state index contributed by atoms with van der Waals surface area (Å²) in [5, 5.41) is -1.14. The molecule has 0 spiro atoms. The molecule has 0 aromatic carbocycles. The minimum atomic E-state index is -3.80. The summed E-state index contributed by atoms with van der Waals surface area (Å²) < 4.78 is 51.8. The van der Waals surface area contributed by atoms with Crippen molar-refractivity contribution in [3.8, 4) is 0 Å². The molecule has 1 atom stereocenters. The summed E-state index contributed by atoms with van der Waals surface area (Å²) in [6.07, 6.45) is 0. The molecule has 0 bridgehead atoms. The molecule has 13 heavy (non-hydrogen) atoms. The van der Waals surface area contributed by atoms with Crippen molar-refractivity contribution >= 4 is 20.2 Å². The normalized spacial score (nSPS) is 15.6. The van der Waals surface area contributed by atoms with Crippen LogP contribution in [0.1, 0.15) is 6.92 Å². The molecule has 0 aliphatic heterocycles. The highest BCUT2D eigenvalue weighted by atomic mass is 32.2. The van der Waals surface area contributed by atoms with Gasteiger partial charge in [-0.2, -0.15) is 16.8 Å². The highest BCUT2D eigenvalue weighted by Gasteiger charge is 2.26. The van der Waals surface area contributed by atoms with Crippen molar-refractivity contribution in [3.63, 3.8) is 0 Å². The first-order chi connectivity index (χ1) is 5.75. The van der Waals surface area contributed by atoms with Gasteiger partial charge in [0.05, 0.1) is 20.0 Å². The van der Waals surface area contributed by atoms with Gasteiger partial charge in [-0.05, 0) is 6.92 Å². The van der Waals surface area contributed by atoms with E-state index in [1.807, 2.05) is 0 Å². The summed E-state index contributed by atoms with van der Waals surface area (Å²) in [7, 11) is -5.62. The first kappa shape index (κ1) is 12.8. The Hall–Kier alpha value is -0.180. The Kier molecular flexibility index (Phi) is 4.30. The average molecular weight is 232 g/mol. The largest absolute Gasteiger partial charge is 0.273 e. The van der Waals surface area contributed by atoms with E-state index in [1.165, 1.54) is 6.92 Å². The molecule has 0 radical (unpaired) electrons. The van der Waals surface area contributed by atoms with Crippen molar-refractivity contribution in [1.82, 2.24) is 0 Å². The Labute approximate surface area is 78.1 Å². The van der Waals surface area contributed by atoms with E-state index in [9.17, 15) is 16.8 Å². The molecule has 0 saturated heterocycles. The highest BCUT2D eigenvalue weighted by molar-refractivity contribution is 7.91. The Balaban J connectivity index is 4.60. The van der Waals surface area contributed by atoms with Gasteiger partial charge >= 0.3 is 0 Å². The second kappa shape index (κ2) is 4.36. The monoisotopic (exact) mass is 232 g/mol. The van der Waals surface area contributed by atoms with Gasteiger partial charge in [-0.25, -0.2) is 0 Å². The molecule has 8 heteroatoms. The van der Waals surface area contributed by atoms with E-state index in [-0.39, 0.29) is 0 Å². The van der Waals surface area contributed by atoms with Crippen LogP contribution in [-0.2, 0) is 28.6 Å². The molecule has 0 fully saturated rings. The van der Waals surface area contributed by atoms with Crippen molar-refractivity contribution in [3.05, 3.63) is 0 Å². The Morgan fingerprint density at radius 1 is 1.08 bits per heavy atom. The van der Waals surface area contributed by atoms with Crippen LogP contribution in [0.3, 0.4) is 0 Å². The number of hydrogen-bond acceptors (Lipinski definition) is 6. The topological polar surface area (TPSA) is 86.7 Å². The zero-order chi connectivity index (χ0) is 10.7. The molecular formula is C5H12O6S2. The summed E-state index contributed by atoms with van der Waals surface area (Å²) in [5.74, 6) is -0.611. The van der Waals surface area contributed by atoms with Gasteiger partial charge in [-0.1, -0.05) is 0 Å². The smallest absolute Gasteiger partial charge is 0.270 e. The van der Waals surface area contributed by atoms with Crippen LogP contribution in [0, 0.1) is 0 Å². The predicted molar refractivity (Wildman–Crippen MR) is 46.2 cm³/mol. The third kappa shape index (κ3) is 4.03. The van der Waals surface area contributed by atoms with Crippen LogP contribution >= 0.6 is 0 Å². The molecule has 1 unspecified atom stereocenters. The minimum Gasteiger partial charge on any atom is -0.273 e. The van der Waals surface area contributed by atoms with Crippen LogP contribution < -0.4 is 0 Å². The summed E-state index contributed by atoms with van der Waals surface area (Å²) in [6, 6.07) is 0. The maximum Gasteiger partial charge on any atom is 0.270 e. The van der Waals surface area contributed by atoms with Crippen molar-refractivity contribution in [2.24, 2.45) is 0 Å². The van der Waals surface area contributed by atoms with Crippen molar-refractivity contribution < 1.29 is 25.2 Å². The fourth-order valence-corrected chi connectivity index (χ4v) is 2.81. The quantitative estimate of drug-likeness (QED) is 0.584. The first-order valence-corrected chi connectivity index (χ1v) is 6.38. The third-order valence-electron chi connectivity index (χ3n) is 1.42. The molecule has 0 amide bonds. The SMILES string of the molecule is COS(=O)(=O)CC(C)S(=O)(=O)OC. The molecule has 6 nitrogen and oxygen atoms in total. The Bertz CT molecular complexity index is 339. The lowest BCUT2D eigenvalue weighted by Gasteiger charge is -2.09. The van der Waals surface area contributed by atoms with E-state index in [1.54, 1.807) is 0 Å². The van der Waals surface area contributed by atoms with Gasteiger partial charge in [0.1, 0.15) is 5.25 Å². The van der Waals surface area contributed by atoms with Crippen LogP contribution in [0.15, 0.2) is 0 Å². The molecule has 0 aromatic rings. The fourth-order valence-electron chi connectivity index (χ4n) is 0.603. The third-order valence-corrected chi connectivity index (χ3v) is 4.66. The number of hydrogen-bond donors (Lipinski definition) is 0. The fraction of sp³-hybridized carbons (Fsp3) is 1.00. The lowest BCUT2D eigenvalue weighted by molar-refractivity contribution is 0.382. The van der Waals surface area contributed by atoms with Gasteiger partial charge in [-0.15, -0.1) is 0 Å². The van der Waals surface area contributed by atoms with Crippen molar-refractivity contribution in [2.45, 2.75) is 12.2 Å². The zero-order valence-corrected chi connectivity index (χ0v) is 9.18. The van der Waals surface area contributed by atoms with E-state index in [0.717, 1.165) is 14.2 Å². The standard InChI is InChI=1S/C5H12O6S2/c1-5(13(8,9)11-3)4-12(6,7)10-2/h5H,4H2,1-3H3. The lowest BCUT2D eigenvalue weighted by Crippen LogP contribution is -2.28. The Morgan fingerprint density at radius 3 is 1.85 bits per heavy atom. The summed E-state index contributed by atoms with van der Waals surface area (Å²) in [6.45, 7) is 1.23. The molecule has 0 aromatic heterocycles. The summed E-state index contributed by atoms with van der Waals surface area (Å²) in [5.41, 5.74) is 0. The van der Waals surface area contributed by atoms with Gasteiger partial charge in [0.25, 0.3) is 20.2 Å². The zero-order valence-electron chi connectivity index (χ0n) is 7.55. The van der Waals surface area contributed by atoms with E-state index in [0.29, 0.717) is 0 Å². The molecule has 0 N–H and O–H groups in total. The molecule has 0 rings (SSSR count). The minimum absolute atomic E-state index is 0.611. The highest BCUT2D eigenvalue weighted by Crippen LogP contribution is 2.06. The van der Waals surface area contributed by atoms with Crippen LogP contribution in [0.5, 0.6) is 0 Å². The molecule has 0 aliphatic carbocycles. The van der Waals surface area contributed by atoms with Crippen molar-refractivity contribution in [1.29, 1.82) is 0 Å². The van der Waals surface area contributed by atoms with E-state index < -0.39 is 31.2 Å². The van der Waals surface area contributed by atoms with Crippen LogP contribution in [-0.4, -0.2) is 42.1 Å². The van der Waals surface area contributed by atoms with Crippen LogP contribution in [0.25, 0.3) is 0 Å². The van der Waals surface area contributed by atoms with Gasteiger partial charge < -0.3 is 0 Å². The summed E-state index contributed by atoms with van der Waals surface area (Å²) >= 11 is 0. The predicted octanol–water partition coefficient (Wildman–Crippen LogP) is -0.673. The first-order valence-electron chi connectivity index (χ1n) is 3.33. The second-order valence-corrected chi connectivity index (χ2v) is 6.27. The maximum atomic E-state index is 11.0. The molecular weight excluding hydrogens is 220 g/mol. The van der Waals surface area contributed by atoms with E-state index in [2.05, 4.69) is 8.37 Å². The van der Waals surface area contributed by atoms with E-state index in [4.69, 9.17) is 0 Å². The number of rotatable bonds is 5. The van der Waals surface area contributed by atoms with Crippen LogP contribution in [0.2, 0.25) is 0 Å². The molecule has 0 aliphatic rings. The van der Waals surface area contributed by atoms with Crippen LogP contribution in [0.4, 0.5) is 0 Å². The van der Waals surface area contributed by atoms with E-state index >= 15 is 0 Å². The van der Waals surface area contributed by atoms with Gasteiger partial charge in [0, 0.05) is 0 Å². The lowest BCUT2D eigenvalue weighted by atomic mass is 10.6. The molecule has 80 valence electrons. The van der Waals surface area contributed by atoms with Crippen molar-refractivity contribution in [2.75, 3.05) is 20.0 Å². The summed E-state index contributed by atoms with van der Waals surface area (Å²) in [4.78, 5) is 0. The van der Waals surface area contributed by atoms with Gasteiger partial charge in [0.15, 0.2) is 0 Å². The molecule has 0 heterocycles. The molecule has 0 saturated carbocycles. The maximum absolute atomic E-state index is 11.0. The Morgan fingerprint density at radius 2 is 1.54 bits per heavy atom.